The van der Waals surface area contributed by atoms with Gasteiger partial charge >= 0.3 is 0 Å². The topological polar surface area (TPSA) is 87.7 Å². The molecular weight excluding hydrogens is 478 g/mol. The number of nitrogens with one attached hydrogen (secondary N) is 2. The molecule has 5 atom stereocenters. The van der Waals surface area contributed by atoms with Gasteiger partial charge < -0.3 is 20.3 Å². The van der Waals surface area contributed by atoms with Crippen molar-refractivity contribution in [2.45, 2.75) is 94.0 Å². The van der Waals surface area contributed by atoms with Gasteiger partial charge in [-0.05, 0) is 49.9 Å². The Morgan fingerprint density at radius 3 is 2.31 bits per heavy atom. The summed E-state index contributed by atoms with van der Waals surface area (Å²) in [5.41, 5.74) is -0.480. The zero-order valence-electron chi connectivity index (χ0n) is 20.5. The Morgan fingerprint density at radius 1 is 0.944 bits per heavy atom. The van der Waals surface area contributed by atoms with Crippen LogP contribution in [0.5, 0.6) is 0 Å². The lowest BCUT2D eigenvalue weighted by atomic mass is 9.74. The van der Waals surface area contributed by atoms with Gasteiger partial charge in [-0.1, -0.05) is 62.3 Å². The number of carbonyl (C=O) groups excluding carboxylic acids is 3. The molecule has 1 aromatic carbocycles. The summed E-state index contributed by atoms with van der Waals surface area (Å²) >= 11 is 5.99. The lowest BCUT2D eigenvalue weighted by molar-refractivity contribution is -0.144. The molecule has 3 amide bonds. The van der Waals surface area contributed by atoms with E-state index in [2.05, 4.69) is 10.6 Å². The largest absolute Gasteiger partial charge is 0.359 e. The Morgan fingerprint density at radius 2 is 1.61 bits per heavy atom. The van der Waals surface area contributed by atoms with E-state index >= 15 is 0 Å². The number of hydrogen-bond acceptors (Lipinski definition) is 4. The first-order valence-corrected chi connectivity index (χ1v) is 13.9. The van der Waals surface area contributed by atoms with Gasteiger partial charge in [0.1, 0.15) is 11.6 Å². The van der Waals surface area contributed by atoms with Crippen LogP contribution in [0.15, 0.2) is 36.4 Å². The van der Waals surface area contributed by atoms with E-state index < -0.39 is 29.6 Å². The Kier molecular flexibility index (Phi) is 6.32. The summed E-state index contributed by atoms with van der Waals surface area (Å²) in [6.07, 6.45) is 13.6. The highest BCUT2D eigenvalue weighted by Gasteiger charge is 2.73. The molecule has 2 saturated heterocycles. The van der Waals surface area contributed by atoms with Gasteiger partial charge in [0.05, 0.1) is 17.9 Å². The van der Waals surface area contributed by atoms with Crippen LogP contribution >= 0.6 is 11.6 Å². The van der Waals surface area contributed by atoms with Crippen molar-refractivity contribution in [3.8, 4) is 0 Å². The van der Waals surface area contributed by atoms with Crippen molar-refractivity contribution in [3.63, 3.8) is 0 Å². The van der Waals surface area contributed by atoms with Gasteiger partial charge in [0.2, 0.25) is 17.7 Å². The van der Waals surface area contributed by atoms with Crippen molar-refractivity contribution in [1.29, 1.82) is 0 Å². The Balaban J connectivity index is 1.31. The molecule has 1 aromatic rings. The molecule has 3 aliphatic heterocycles. The van der Waals surface area contributed by atoms with E-state index in [0.717, 1.165) is 57.8 Å². The molecule has 36 heavy (non-hydrogen) atoms. The molecule has 1 spiro atoms. The average Bonchev–Trinajstić information content (AvgIpc) is 3.54. The third-order valence-corrected chi connectivity index (χ3v) is 9.15. The Bertz CT molecular complexity index is 1060. The van der Waals surface area contributed by atoms with Gasteiger partial charge in [0, 0.05) is 22.8 Å². The molecule has 7 nitrogen and oxygen atoms in total. The first kappa shape index (κ1) is 24.0. The number of rotatable bonds is 5. The summed E-state index contributed by atoms with van der Waals surface area (Å²) in [6.45, 7) is 0. The normalized spacial score (nSPS) is 34.1. The van der Waals surface area contributed by atoms with Crippen LogP contribution in [0.1, 0.15) is 64.2 Å². The first-order valence-electron chi connectivity index (χ1n) is 13.5. The summed E-state index contributed by atoms with van der Waals surface area (Å²) in [5, 5.41) is 6.80. The fourth-order valence-corrected chi connectivity index (χ4v) is 7.37. The van der Waals surface area contributed by atoms with E-state index in [1.165, 1.54) is 6.42 Å². The van der Waals surface area contributed by atoms with Crippen LogP contribution in [0.4, 0.5) is 5.69 Å². The maximum Gasteiger partial charge on any atom is 0.246 e. The Hall–Kier alpha value is -2.38. The predicted octanol–water partition coefficient (Wildman–Crippen LogP) is 4.21. The second kappa shape index (κ2) is 9.49. The highest BCUT2D eigenvalue weighted by atomic mass is 35.5. The SMILES string of the molecule is O=C(Nc1ccc(Cl)cc1)C1C2C=CC3(O2)C1C(=O)N(C1CCCCC1)C3C(=O)NC1CCCCC1. The number of anilines is 1. The maximum absolute atomic E-state index is 14.1. The highest BCUT2D eigenvalue weighted by molar-refractivity contribution is 6.30. The molecule has 192 valence electrons. The molecule has 0 radical (unpaired) electrons. The highest BCUT2D eigenvalue weighted by Crippen LogP contribution is 2.56. The number of halogens is 1. The number of fused-ring (bicyclic) bond motifs is 1. The van der Waals surface area contributed by atoms with Crippen molar-refractivity contribution < 1.29 is 19.1 Å². The fraction of sp³-hybridized carbons (Fsp3) is 0.607. The van der Waals surface area contributed by atoms with Crippen LogP contribution in [0.3, 0.4) is 0 Å². The number of ether oxygens (including phenoxy) is 1. The predicted molar refractivity (Wildman–Crippen MR) is 136 cm³/mol. The lowest BCUT2D eigenvalue weighted by Crippen LogP contribution is -2.58. The molecule has 2 saturated carbocycles. The van der Waals surface area contributed by atoms with E-state index in [9.17, 15) is 14.4 Å². The van der Waals surface area contributed by atoms with Crippen molar-refractivity contribution in [3.05, 3.63) is 41.4 Å². The van der Waals surface area contributed by atoms with Crippen molar-refractivity contribution in [1.82, 2.24) is 10.2 Å². The summed E-state index contributed by atoms with van der Waals surface area (Å²) in [4.78, 5) is 43.4. The molecule has 4 fully saturated rings. The van der Waals surface area contributed by atoms with Crippen molar-refractivity contribution in [2.24, 2.45) is 11.8 Å². The number of likely N-dealkylation sites (tertiary alicyclic amines) is 1. The van der Waals surface area contributed by atoms with Gasteiger partial charge in [-0.25, -0.2) is 0 Å². The quantitative estimate of drug-likeness (QED) is 0.580. The molecule has 5 unspecified atom stereocenters. The van der Waals surface area contributed by atoms with Crippen LogP contribution < -0.4 is 10.6 Å². The first-order chi connectivity index (χ1) is 17.5. The summed E-state index contributed by atoms with van der Waals surface area (Å²) in [7, 11) is 0. The monoisotopic (exact) mass is 511 g/mol. The molecule has 3 heterocycles. The van der Waals surface area contributed by atoms with E-state index in [1.54, 1.807) is 24.3 Å². The maximum atomic E-state index is 14.1. The molecule has 2 bridgehead atoms. The number of carbonyl (C=O) groups is 3. The number of amides is 3. The molecule has 2 N–H and O–H groups in total. The molecular formula is C28H34ClN3O4. The smallest absolute Gasteiger partial charge is 0.246 e. The second-order valence-electron chi connectivity index (χ2n) is 11.1. The fourth-order valence-electron chi connectivity index (χ4n) is 7.24. The summed E-state index contributed by atoms with van der Waals surface area (Å²) < 4.78 is 6.47. The van der Waals surface area contributed by atoms with E-state index in [4.69, 9.17) is 16.3 Å². The van der Waals surface area contributed by atoms with Crippen LogP contribution in [-0.4, -0.2) is 52.5 Å². The van der Waals surface area contributed by atoms with E-state index in [0.29, 0.717) is 10.7 Å². The van der Waals surface area contributed by atoms with Gasteiger partial charge in [0.25, 0.3) is 0 Å². The molecule has 5 aliphatic rings. The van der Waals surface area contributed by atoms with E-state index in [1.807, 2.05) is 17.1 Å². The molecule has 2 aliphatic carbocycles. The van der Waals surface area contributed by atoms with Crippen LogP contribution in [0.2, 0.25) is 5.02 Å². The number of nitrogens with zero attached hydrogens (tertiary/aromatic N) is 1. The van der Waals surface area contributed by atoms with Crippen LogP contribution in [0.25, 0.3) is 0 Å². The average molecular weight is 512 g/mol. The zero-order valence-corrected chi connectivity index (χ0v) is 21.2. The molecule has 6 rings (SSSR count). The third kappa shape index (κ3) is 3.95. The molecule has 8 heteroatoms. The zero-order chi connectivity index (χ0) is 24.9. The summed E-state index contributed by atoms with van der Waals surface area (Å²) in [6, 6.07) is 6.31. The number of benzene rings is 1. The number of hydrogen-bond donors (Lipinski definition) is 2. The van der Waals surface area contributed by atoms with Crippen LogP contribution in [-0.2, 0) is 19.1 Å². The third-order valence-electron chi connectivity index (χ3n) is 8.89. The second-order valence-corrected chi connectivity index (χ2v) is 11.5. The summed E-state index contributed by atoms with van der Waals surface area (Å²) in [5.74, 6) is -1.90. The van der Waals surface area contributed by atoms with Crippen molar-refractivity contribution >= 4 is 35.0 Å². The van der Waals surface area contributed by atoms with Gasteiger partial charge in [0.15, 0.2) is 0 Å². The lowest BCUT2D eigenvalue weighted by Gasteiger charge is -2.39. The minimum atomic E-state index is -1.10. The van der Waals surface area contributed by atoms with E-state index in [-0.39, 0.29) is 29.8 Å². The minimum Gasteiger partial charge on any atom is -0.359 e. The minimum absolute atomic E-state index is 0.00403. The molecule has 0 aromatic heterocycles. The van der Waals surface area contributed by atoms with Gasteiger partial charge in [-0.15, -0.1) is 0 Å². The Labute approximate surface area is 217 Å². The van der Waals surface area contributed by atoms with Gasteiger partial charge in [-0.2, -0.15) is 0 Å². The van der Waals surface area contributed by atoms with Gasteiger partial charge in [-0.3, -0.25) is 14.4 Å². The standard InChI is InChI=1S/C28H34ClN3O4/c29-17-11-13-19(14-12-17)30-25(33)22-21-15-16-28(36-21)23(22)27(35)32(20-9-5-2-6-10-20)24(28)26(34)31-18-7-3-1-4-8-18/h11-16,18,20-24H,1-10H2,(H,30,33)(H,31,34). The van der Waals surface area contributed by atoms with Crippen LogP contribution in [0, 0.1) is 11.8 Å². The van der Waals surface area contributed by atoms with Crippen molar-refractivity contribution in [2.75, 3.05) is 5.32 Å².